The lowest BCUT2D eigenvalue weighted by molar-refractivity contribution is -0.131. The molecule has 2 unspecified atom stereocenters. The predicted octanol–water partition coefficient (Wildman–Crippen LogP) is 4.87. The van der Waals surface area contributed by atoms with Gasteiger partial charge in [0.15, 0.2) is 5.83 Å². The summed E-state index contributed by atoms with van der Waals surface area (Å²) in [4.78, 5) is 30.1. The minimum atomic E-state index is -1.03. The molecular formula is C30H36Cl2FN7O2. The van der Waals surface area contributed by atoms with E-state index in [-0.39, 0.29) is 24.4 Å². The zero-order valence-electron chi connectivity index (χ0n) is 24.2. The number of piperazine rings is 1. The Morgan fingerprint density at radius 1 is 1.26 bits per heavy atom. The van der Waals surface area contributed by atoms with Gasteiger partial charge in [-0.3, -0.25) is 4.79 Å². The molecule has 0 bridgehead atoms. The standard InChI is InChI=1S/C30H36Cl2FN7O2/c1-19-14-22-25(16-40(19)26-23(31)6-5-7-24(26)32)35-29(42-18-30(9-10-30)17-37(3)4)36-27(22)38-12-13-39(28(41)20(2)33)21(15-38)8-11-34/h5-7,19,21H,2,8-10,12-18H2,1,3-4H3. The Bertz CT molecular complexity index is 1390. The van der Waals surface area contributed by atoms with E-state index in [1.54, 1.807) is 0 Å². The van der Waals surface area contributed by atoms with Crippen LogP contribution in [0.15, 0.2) is 30.6 Å². The molecule has 2 fully saturated rings. The van der Waals surface area contributed by atoms with E-state index >= 15 is 0 Å². The summed E-state index contributed by atoms with van der Waals surface area (Å²) in [5.41, 5.74) is 2.65. The van der Waals surface area contributed by atoms with E-state index in [1.807, 2.05) is 18.2 Å². The van der Waals surface area contributed by atoms with Gasteiger partial charge in [0.2, 0.25) is 0 Å². The summed E-state index contributed by atoms with van der Waals surface area (Å²) in [7, 11) is 4.12. The molecule has 3 aliphatic rings. The van der Waals surface area contributed by atoms with Crippen LogP contribution in [0.2, 0.25) is 10.0 Å². The van der Waals surface area contributed by atoms with E-state index < -0.39 is 17.8 Å². The minimum Gasteiger partial charge on any atom is -0.463 e. The molecule has 2 aromatic rings. The Kier molecular flexibility index (Phi) is 8.83. The van der Waals surface area contributed by atoms with E-state index in [2.05, 4.69) is 48.4 Å². The zero-order chi connectivity index (χ0) is 30.2. The van der Waals surface area contributed by atoms with Gasteiger partial charge in [-0.2, -0.15) is 15.2 Å². The molecule has 2 atom stereocenters. The number of carbonyl (C=O) groups is 1. The summed E-state index contributed by atoms with van der Waals surface area (Å²) in [6.07, 6.45) is 2.87. The number of nitrogens with zero attached hydrogens (tertiary/aromatic N) is 7. The van der Waals surface area contributed by atoms with Gasteiger partial charge in [0, 0.05) is 43.2 Å². The molecule has 0 N–H and O–H groups in total. The lowest BCUT2D eigenvalue weighted by atomic mass is 9.97. The van der Waals surface area contributed by atoms with Crippen molar-refractivity contribution < 1.29 is 13.9 Å². The Hall–Kier alpha value is -3.13. The first-order valence-corrected chi connectivity index (χ1v) is 14.9. The maximum atomic E-state index is 13.8. The first-order valence-electron chi connectivity index (χ1n) is 14.2. The van der Waals surface area contributed by atoms with Gasteiger partial charge in [-0.25, -0.2) is 4.39 Å². The third kappa shape index (κ3) is 6.29. The predicted molar refractivity (Wildman–Crippen MR) is 162 cm³/mol. The molecule has 3 heterocycles. The van der Waals surface area contributed by atoms with Crippen LogP contribution in [0.3, 0.4) is 0 Å². The first-order chi connectivity index (χ1) is 20.0. The average Bonchev–Trinajstić information content (AvgIpc) is 3.70. The fourth-order valence-corrected chi connectivity index (χ4v) is 6.73. The number of amides is 1. The lowest BCUT2D eigenvalue weighted by Gasteiger charge is -2.43. The largest absolute Gasteiger partial charge is 0.463 e. The molecule has 1 saturated carbocycles. The molecule has 0 radical (unpaired) electrons. The van der Waals surface area contributed by atoms with Gasteiger partial charge in [-0.15, -0.1) is 0 Å². The van der Waals surface area contributed by atoms with Gasteiger partial charge in [0.1, 0.15) is 5.82 Å². The van der Waals surface area contributed by atoms with Gasteiger partial charge in [-0.1, -0.05) is 35.8 Å². The number of ether oxygens (including phenoxy) is 1. The third-order valence-electron chi connectivity index (χ3n) is 8.35. The molecule has 1 amide bonds. The number of para-hydroxylation sites is 1. The second kappa shape index (κ2) is 12.2. The summed E-state index contributed by atoms with van der Waals surface area (Å²) in [5, 5.41) is 10.6. The number of halogens is 3. The minimum absolute atomic E-state index is 0.0338. The second-order valence-corrected chi connectivity index (χ2v) is 12.7. The Balaban J connectivity index is 1.49. The van der Waals surface area contributed by atoms with Crippen molar-refractivity contribution >= 4 is 40.6 Å². The molecule has 0 spiro atoms. The van der Waals surface area contributed by atoms with Gasteiger partial charge < -0.3 is 24.3 Å². The van der Waals surface area contributed by atoms with Gasteiger partial charge >= 0.3 is 6.01 Å². The highest BCUT2D eigenvalue weighted by molar-refractivity contribution is 6.39. The SMILES string of the molecule is C=C(F)C(=O)N1CCN(c2nc(OCC3(CN(C)C)CC3)nc3c2CC(C)N(c2c(Cl)cccc2Cl)C3)CC1CC#N. The van der Waals surface area contributed by atoms with E-state index in [1.165, 1.54) is 4.90 Å². The maximum Gasteiger partial charge on any atom is 0.318 e. The molecule has 5 rings (SSSR count). The van der Waals surface area contributed by atoms with Gasteiger partial charge in [0.25, 0.3) is 5.91 Å². The maximum absolute atomic E-state index is 13.8. The highest BCUT2D eigenvalue weighted by atomic mass is 35.5. The smallest absolute Gasteiger partial charge is 0.318 e. The monoisotopic (exact) mass is 615 g/mol. The quantitative estimate of drug-likeness (QED) is 0.369. The normalized spacial score (nSPS) is 21.1. The number of nitriles is 1. The summed E-state index contributed by atoms with van der Waals surface area (Å²) in [5.74, 6) is -1.08. The van der Waals surface area contributed by atoms with Crippen molar-refractivity contribution in [1.29, 1.82) is 5.26 Å². The number of fused-ring (bicyclic) bond motifs is 1. The fourth-order valence-electron chi connectivity index (χ4n) is 6.11. The van der Waals surface area contributed by atoms with Crippen LogP contribution in [0.1, 0.15) is 37.4 Å². The zero-order valence-corrected chi connectivity index (χ0v) is 25.8. The van der Waals surface area contributed by atoms with Crippen LogP contribution >= 0.6 is 23.2 Å². The van der Waals surface area contributed by atoms with Crippen molar-refractivity contribution in [2.75, 3.05) is 56.7 Å². The summed E-state index contributed by atoms with van der Waals surface area (Å²) in [6, 6.07) is 7.44. The molecular weight excluding hydrogens is 580 g/mol. The number of rotatable bonds is 9. The first kappa shape index (κ1) is 30.3. The summed E-state index contributed by atoms with van der Waals surface area (Å²) in [6.45, 7) is 8.16. The number of aromatic nitrogens is 2. The van der Waals surface area contributed by atoms with E-state index in [0.717, 1.165) is 42.1 Å². The topological polar surface area (TPSA) is 88.8 Å². The van der Waals surface area contributed by atoms with Gasteiger partial charge in [-0.05, 0) is 52.4 Å². The number of benzene rings is 1. The number of hydrogen-bond donors (Lipinski definition) is 0. The molecule has 1 aromatic carbocycles. The molecule has 42 heavy (non-hydrogen) atoms. The molecule has 1 aliphatic carbocycles. The van der Waals surface area contributed by atoms with E-state index in [9.17, 15) is 14.4 Å². The van der Waals surface area contributed by atoms with Crippen molar-refractivity contribution in [1.82, 2.24) is 19.8 Å². The lowest BCUT2D eigenvalue weighted by Crippen LogP contribution is -2.56. The Labute approximate surface area is 256 Å². The number of hydrogen-bond acceptors (Lipinski definition) is 8. The van der Waals surface area contributed by atoms with Crippen LogP contribution in [0.5, 0.6) is 6.01 Å². The van der Waals surface area contributed by atoms with Crippen LogP contribution in [-0.4, -0.2) is 84.6 Å². The van der Waals surface area contributed by atoms with Crippen molar-refractivity contribution in [3.05, 3.63) is 51.9 Å². The van der Waals surface area contributed by atoms with Crippen LogP contribution in [0, 0.1) is 16.7 Å². The van der Waals surface area contributed by atoms with Crippen molar-refractivity contribution in [2.24, 2.45) is 5.41 Å². The third-order valence-corrected chi connectivity index (χ3v) is 8.96. The van der Waals surface area contributed by atoms with Crippen LogP contribution in [0.25, 0.3) is 0 Å². The Morgan fingerprint density at radius 2 is 1.98 bits per heavy atom. The molecule has 2 aliphatic heterocycles. The van der Waals surface area contributed by atoms with Crippen molar-refractivity contribution in [3.63, 3.8) is 0 Å². The summed E-state index contributed by atoms with van der Waals surface area (Å²) >= 11 is 13.2. The molecule has 224 valence electrons. The molecule has 12 heteroatoms. The van der Waals surface area contributed by atoms with Crippen LogP contribution in [0.4, 0.5) is 15.9 Å². The molecule has 1 aromatic heterocycles. The van der Waals surface area contributed by atoms with Crippen molar-refractivity contribution in [3.8, 4) is 12.1 Å². The van der Waals surface area contributed by atoms with Crippen LogP contribution < -0.4 is 14.5 Å². The number of carbonyl (C=O) groups excluding carboxylic acids is 1. The highest BCUT2D eigenvalue weighted by Gasteiger charge is 2.44. The Morgan fingerprint density at radius 3 is 2.60 bits per heavy atom. The van der Waals surface area contributed by atoms with Crippen LogP contribution in [-0.2, 0) is 17.8 Å². The second-order valence-electron chi connectivity index (χ2n) is 11.9. The fraction of sp³-hybridized carbons (Fsp3) is 0.533. The highest BCUT2D eigenvalue weighted by Crippen LogP contribution is 2.46. The molecule has 9 nitrogen and oxygen atoms in total. The average molecular weight is 617 g/mol. The van der Waals surface area contributed by atoms with Gasteiger partial charge in [0.05, 0.1) is 53.1 Å². The van der Waals surface area contributed by atoms with E-state index in [4.69, 9.17) is 37.9 Å². The van der Waals surface area contributed by atoms with E-state index in [0.29, 0.717) is 48.7 Å². The van der Waals surface area contributed by atoms with Crippen molar-refractivity contribution in [2.45, 2.75) is 51.2 Å². The number of anilines is 2. The molecule has 1 saturated heterocycles. The summed E-state index contributed by atoms with van der Waals surface area (Å²) < 4.78 is 20.1.